The molecule has 0 bridgehead atoms. The highest BCUT2D eigenvalue weighted by molar-refractivity contribution is 9.10. The molecule has 0 radical (unpaired) electrons. The van der Waals surface area contributed by atoms with E-state index in [2.05, 4.69) is 37.5 Å². The Bertz CT molecular complexity index is 393. The first-order valence-electron chi connectivity index (χ1n) is 5.72. The Morgan fingerprint density at radius 3 is 2.88 bits per heavy atom. The second-order valence-corrected chi connectivity index (χ2v) is 6.50. The van der Waals surface area contributed by atoms with Gasteiger partial charge in [-0.25, -0.2) is 4.98 Å². The molecule has 1 fully saturated rings. The van der Waals surface area contributed by atoms with Gasteiger partial charge in [-0.3, -0.25) is 0 Å². The molecule has 17 heavy (non-hydrogen) atoms. The standard InChI is InChI=1S/C11H17BrN4S/c1-17-11(4-2-3-5-11)7-15-9-8(12)6-14-10(13)16-9/h6H,2-5,7H2,1H3,(H3,13,14,15,16). The Labute approximate surface area is 114 Å². The van der Waals surface area contributed by atoms with E-state index in [0.717, 1.165) is 16.8 Å². The van der Waals surface area contributed by atoms with Gasteiger partial charge in [0.2, 0.25) is 5.95 Å². The summed E-state index contributed by atoms with van der Waals surface area (Å²) in [5.41, 5.74) is 5.59. The van der Waals surface area contributed by atoms with Gasteiger partial charge >= 0.3 is 0 Å². The Hall–Kier alpha value is -0.490. The third-order valence-electron chi connectivity index (χ3n) is 3.29. The zero-order chi connectivity index (χ0) is 12.3. The van der Waals surface area contributed by atoms with Gasteiger partial charge in [-0.05, 0) is 35.0 Å². The van der Waals surface area contributed by atoms with Crippen molar-refractivity contribution in [2.24, 2.45) is 0 Å². The maximum atomic E-state index is 5.59. The first kappa shape index (κ1) is 13.0. The topological polar surface area (TPSA) is 63.8 Å². The monoisotopic (exact) mass is 316 g/mol. The molecule has 1 aromatic heterocycles. The van der Waals surface area contributed by atoms with E-state index in [-0.39, 0.29) is 0 Å². The van der Waals surface area contributed by atoms with Crippen LogP contribution in [-0.4, -0.2) is 27.5 Å². The molecule has 6 heteroatoms. The molecule has 0 atom stereocenters. The predicted octanol–water partition coefficient (Wildman–Crippen LogP) is 2.91. The quantitative estimate of drug-likeness (QED) is 0.894. The van der Waals surface area contributed by atoms with Crippen LogP contribution in [0.4, 0.5) is 11.8 Å². The Morgan fingerprint density at radius 1 is 1.53 bits per heavy atom. The highest BCUT2D eigenvalue weighted by Crippen LogP contribution is 2.40. The van der Waals surface area contributed by atoms with Crippen LogP contribution in [0.25, 0.3) is 0 Å². The average Bonchev–Trinajstić information content (AvgIpc) is 2.80. The number of rotatable bonds is 4. The summed E-state index contributed by atoms with van der Waals surface area (Å²) in [6.07, 6.45) is 9.09. The third-order valence-corrected chi connectivity index (χ3v) is 5.29. The minimum absolute atomic E-state index is 0.306. The molecule has 1 aliphatic rings. The third kappa shape index (κ3) is 3.04. The number of thioether (sulfide) groups is 1. The van der Waals surface area contributed by atoms with Crippen LogP contribution in [-0.2, 0) is 0 Å². The molecule has 1 aliphatic carbocycles. The first-order valence-corrected chi connectivity index (χ1v) is 7.74. The molecule has 3 N–H and O–H groups in total. The first-order chi connectivity index (χ1) is 8.15. The SMILES string of the molecule is CSC1(CNc2nc(N)ncc2Br)CCCC1. The van der Waals surface area contributed by atoms with Gasteiger partial charge < -0.3 is 11.1 Å². The Morgan fingerprint density at radius 2 is 2.24 bits per heavy atom. The van der Waals surface area contributed by atoms with E-state index >= 15 is 0 Å². The lowest BCUT2D eigenvalue weighted by atomic mass is 10.1. The summed E-state index contributed by atoms with van der Waals surface area (Å²) in [7, 11) is 0. The van der Waals surface area contributed by atoms with Crippen LogP contribution in [0.1, 0.15) is 25.7 Å². The van der Waals surface area contributed by atoms with E-state index in [4.69, 9.17) is 5.73 Å². The molecule has 1 saturated carbocycles. The van der Waals surface area contributed by atoms with E-state index in [1.807, 2.05) is 11.8 Å². The van der Waals surface area contributed by atoms with Gasteiger partial charge in [0.25, 0.3) is 0 Å². The number of nitrogen functional groups attached to an aromatic ring is 1. The van der Waals surface area contributed by atoms with Crippen LogP contribution in [0.5, 0.6) is 0 Å². The summed E-state index contributed by atoms with van der Waals surface area (Å²) in [4.78, 5) is 8.13. The highest BCUT2D eigenvalue weighted by Gasteiger charge is 2.32. The van der Waals surface area contributed by atoms with E-state index in [9.17, 15) is 0 Å². The zero-order valence-corrected chi connectivity index (χ0v) is 12.3. The van der Waals surface area contributed by atoms with Crippen LogP contribution < -0.4 is 11.1 Å². The van der Waals surface area contributed by atoms with Crippen LogP contribution in [0.15, 0.2) is 10.7 Å². The molecule has 0 spiro atoms. The summed E-state index contributed by atoms with van der Waals surface area (Å²) in [5.74, 6) is 1.10. The van der Waals surface area contributed by atoms with Gasteiger partial charge in [0, 0.05) is 17.5 Å². The molecule has 0 amide bonds. The molecule has 0 aromatic carbocycles. The number of nitrogens with two attached hydrogens (primary N) is 1. The second kappa shape index (κ2) is 5.44. The lowest BCUT2D eigenvalue weighted by Gasteiger charge is -2.27. The molecule has 0 aliphatic heterocycles. The molecule has 0 saturated heterocycles. The fraction of sp³-hybridized carbons (Fsp3) is 0.636. The Balaban J connectivity index is 2.03. The molecular weight excluding hydrogens is 300 g/mol. The lowest BCUT2D eigenvalue weighted by Crippen LogP contribution is -2.30. The number of hydrogen-bond acceptors (Lipinski definition) is 5. The fourth-order valence-corrected chi connectivity index (χ4v) is 3.47. The van der Waals surface area contributed by atoms with E-state index in [0.29, 0.717) is 10.7 Å². The van der Waals surface area contributed by atoms with Gasteiger partial charge in [0.15, 0.2) is 0 Å². The number of hydrogen-bond donors (Lipinski definition) is 2. The minimum atomic E-state index is 0.306. The van der Waals surface area contributed by atoms with Crippen molar-refractivity contribution in [3.63, 3.8) is 0 Å². The highest BCUT2D eigenvalue weighted by atomic mass is 79.9. The van der Waals surface area contributed by atoms with E-state index < -0.39 is 0 Å². The average molecular weight is 317 g/mol. The van der Waals surface area contributed by atoms with E-state index in [1.165, 1.54) is 25.7 Å². The largest absolute Gasteiger partial charge is 0.368 e. The summed E-state index contributed by atoms with van der Waals surface area (Å²) in [5, 5.41) is 3.39. The van der Waals surface area contributed by atoms with Crippen molar-refractivity contribution >= 4 is 39.5 Å². The molecule has 1 aromatic rings. The summed E-state index contributed by atoms with van der Waals surface area (Å²) in [6.45, 7) is 0.934. The fourth-order valence-electron chi connectivity index (χ4n) is 2.22. The molecule has 2 rings (SSSR count). The van der Waals surface area contributed by atoms with Gasteiger partial charge in [0.1, 0.15) is 5.82 Å². The zero-order valence-electron chi connectivity index (χ0n) is 9.87. The number of nitrogens with zero attached hydrogens (tertiary/aromatic N) is 2. The number of halogens is 1. The van der Waals surface area contributed by atoms with Gasteiger partial charge in [-0.15, -0.1) is 0 Å². The summed E-state index contributed by atoms with van der Waals surface area (Å²) >= 11 is 5.39. The van der Waals surface area contributed by atoms with Gasteiger partial charge in [-0.1, -0.05) is 12.8 Å². The van der Waals surface area contributed by atoms with Crippen molar-refractivity contribution in [1.29, 1.82) is 0 Å². The summed E-state index contributed by atoms with van der Waals surface area (Å²) in [6, 6.07) is 0. The van der Waals surface area contributed by atoms with Gasteiger partial charge in [0.05, 0.1) is 4.47 Å². The van der Waals surface area contributed by atoms with Gasteiger partial charge in [-0.2, -0.15) is 16.7 Å². The number of anilines is 2. The summed E-state index contributed by atoms with van der Waals surface area (Å²) < 4.78 is 1.22. The minimum Gasteiger partial charge on any atom is -0.368 e. The van der Waals surface area contributed by atoms with Crippen LogP contribution in [0, 0.1) is 0 Å². The van der Waals surface area contributed by atoms with Crippen molar-refractivity contribution in [1.82, 2.24) is 9.97 Å². The van der Waals surface area contributed by atoms with Crippen molar-refractivity contribution < 1.29 is 0 Å². The van der Waals surface area contributed by atoms with Crippen LogP contribution >= 0.6 is 27.7 Å². The lowest BCUT2D eigenvalue weighted by molar-refractivity contribution is 0.638. The van der Waals surface area contributed by atoms with Crippen LogP contribution in [0.2, 0.25) is 0 Å². The van der Waals surface area contributed by atoms with Crippen LogP contribution in [0.3, 0.4) is 0 Å². The normalized spacial score (nSPS) is 18.2. The molecular formula is C11H17BrN4S. The van der Waals surface area contributed by atoms with Crippen molar-refractivity contribution in [2.45, 2.75) is 30.4 Å². The second-order valence-electron chi connectivity index (χ2n) is 4.37. The molecule has 4 nitrogen and oxygen atoms in total. The maximum absolute atomic E-state index is 5.59. The smallest absolute Gasteiger partial charge is 0.221 e. The van der Waals surface area contributed by atoms with Crippen molar-refractivity contribution in [3.05, 3.63) is 10.7 Å². The van der Waals surface area contributed by atoms with Crippen molar-refractivity contribution in [2.75, 3.05) is 23.9 Å². The number of aromatic nitrogens is 2. The predicted molar refractivity (Wildman–Crippen MR) is 77.3 cm³/mol. The van der Waals surface area contributed by atoms with Crippen molar-refractivity contribution in [3.8, 4) is 0 Å². The van der Waals surface area contributed by atoms with E-state index in [1.54, 1.807) is 6.20 Å². The molecule has 0 unspecified atom stereocenters. The molecule has 94 valence electrons. The molecule has 1 heterocycles. The Kier molecular flexibility index (Phi) is 4.14. The maximum Gasteiger partial charge on any atom is 0.221 e. The number of nitrogens with one attached hydrogen (secondary N) is 1.